The SMILES string of the molecule is CCCC1(O)CN(CCO)C1. The fraction of sp³-hybridized carbons (Fsp3) is 1.00. The van der Waals surface area contributed by atoms with Gasteiger partial charge in [0.05, 0.1) is 12.2 Å². The number of nitrogens with zero attached hydrogens (tertiary/aromatic N) is 1. The lowest BCUT2D eigenvalue weighted by Crippen LogP contribution is -2.62. The van der Waals surface area contributed by atoms with Crippen LogP contribution in [0, 0.1) is 0 Å². The van der Waals surface area contributed by atoms with Crippen LogP contribution in [-0.2, 0) is 0 Å². The summed E-state index contributed by atoms with van der Waals surface area (Å²) in [7, 11) is 0. The van der Waals surface area contributed by atoms with Gasteiger partial charge in [-0.1, -0.05) is 13.3 Å². The molecule has 2 N–H and O–H groups in total. The largest absolute Gasteiger partial charge is 0.395 e. The maximum absolute atomic E-state index is 9.68. The van der Waals surface area contributed by atoms with E-state index < -0.39 is 5.60 Å². The minimum absolute atomic E-state index is 0.197. The van der Waals surface area contributed by atoms with Crippen LogP contribution in [0.15, 0.2) is 0 Å². The highest BCUT2D eigenvalue weighted by molar-refractivity contribution is 4.94. The van der Waals surface area contributed by atoms with Gasteiger partial charge in [0.25, 0.3) is 0 Å². The number of hydrogen-bond donors (Lipinski definition) is 2. The molecule has 1 fully saturated rings. The average Bonchev–Trinajstić information content (AvgIpc) is 1.85. The Kier molecular flexibility index (Phi) is 2.87. The second-order valence-electron chi connectivity index (χ2n) is 3.41. The first-order valence-corrected chi connectivity index (χ1v) is 4.26. The molecule has 1 heterocycles. The van der Waals surface area contributed by atoms with Gasteiger partial charge in [0.1, 0.15) is 0 Å². The Labute approximate surface area is 67.6 Å². The molecule has 0 spiro atoms. The molecule has 0 bridgehead atoms. The van der Waals surface area contributed by atoms with Crippen molar-refractivity contribution in [1.82, 2.24) is 4.90 Å². The van der Waals surface area contributed by atoms with Gasteiger partial charge in [-0.3, -0.25) is 4.90 Å². The first-order valence-electron chi connectivity index (χ1n) is 4.26. The van der Waals surface area contributed by atoms with Crippen LogP contribution in [0.5, 0.6) is 0 Å². The van der Waals surface area contributed by atoms with Gasteiger partial charge in [-0.05, 0) is 6.42 Å². The summed E-state index contributed by atoms with van der Waals surface area (Å²) >= 11 is 0. The molecule has 3 nitrogen and oxygen atoms in total. The maximum atomic E-state index is 9.68. The molecule has 0 amide bonds. The van der Waals surface area contributed by atoms with Gasteiger partial charge in [-0.25, -0.2) is 0 Å². The van der Waals surface area contributed by atoms with Gasteiger partial charge in [0, 0.05) is 19.6 Å². The van der Waals surface area contributed by atoms with E-state index >= 15 is 0 Å². The monoisotopic (exact) mass is 159 g/mol. The first kappa shape index (κ1) is 8.97. The van der Waals surface area contributed by atoms with Crippen LogP contribution in [-0.4, -0.2) is 47.0 Å². The Morgan fingerprint density at radius 2 is 2.09 bits per heavy atom. The molecule has 0 aromatic carbocycles. The van der Waals surface area contributed by atoms with Crippen LogP contribution in [0.25, 0.3) is 0 Å². The van der Waals surface area contributed by atoms with Crippen molar-refractivity contribution in [2.45, 2.75) is 25.4 Å². The lowest BCUT2D eigenvalue weighted by molar-refractivity contribution is -0.106. The molecule has 0 aliphatic carbocycles. The van der Waals surface area contributed by atoms with Crippen LogP contribution >= 0.6 is 0 Å². The van der Waals surface area contributed by atoms with Crippen molar-refractivity contribution in [2.24, 2.45) is 0 Å². The summed E-state index contributed by atoms with van der Waals surface area (Å²) in [6.45, 7) is 4.45. The zero-order chi connectivity index (χ0) is 8.32. The van der Waals surface area contributed by atoms with Crippen LogP contribution in [0.1, 0.15) is 19.8 Å². The number of aliphatic hydroxyl groups is 2. The minimum Gasteiger partial charge on any atom is -0.395 e. The van der Waals surface area contributed by atoms with Gasteiger partial charge < -0.3 is 10.2 Å². The van der Waals surface area contributed by atoms with Crippen LogP contribution in [0.2, 0.25) is 0 Å². The lowest BCUT2D eigenvalue weighted by Gasteiger charge is -2.46. The van der Waals surface area contributed by atoms with Crippen LogP contribution in [0.3, 0.4) is 0 Å². The third-order valence-corrected chi connectivity index (χ3v) is 2.17. The zero-order valence-corrected chi connectivity index (χ0v) is 7.08. The molecule has 1 rings (SSSR count). The predicted molar refractivity (Wildman–Crippen MR) is 43.4 cm³/mol. The molecule has 1 aliphatic rings. The summed E-state index contributed by atoms with van der Waals surface area (Å²) in [5.41, 5.74) is -0.441. The first-order chi connectivity index (χ1) is 5.20. The molecule has 0 radical (unpaired) electrons. The third kappa shape index (κ3) is 2.15. The normalized spacial score (nSPS) is 23.2. The number of likely N-dealkylation sites (tertiary alicyclic amines) is 1. The van der Waals surface area contributed by atoms with E-state index in [9.17, 15) is 5.11 Å². The highest BCUT2D eigenvalue weighted by Crippen LogP contribution is 2.24. The third-order valence-electron chi connectivity index (χ3n) is 2.17. The van der Waals surface area contributed by atoms with Crippen LogP contribution < -0.4 is 0 Å². The standard InChI is InChI=1S/C8H17NO2/c1-2-3-8(11)6-9(7-8)4-5-10/h10-11H,2-7H2,1H3. The van der Waals surface area contributed by atoms with Crippen molar-refractivity contribution in [2.75, 3.05) is 26.2 Å². The molecular formula is C8H17NO2. The Morgan fingerprint density at radius 1 is 1.45 bits per heavy atom. The predicted octanol–water partition coefficient (Wildman–Crippen LogP) is -0.175. The van der Waals surface area contributed by atoms with Crippen molar-refractivity contribution in [3.63, 3.8) is 0 Å². The number of rotatable bonds is 4. The highest BCUT2D eigenvalue weighted by Gasteiger charge is 2.39. The van der Waals surface area contributed by atoms with E-state index in [1.54, 1.807) is 0 Å². The summed E-state index contributed by atoms with van der Waals surface area (Å²) in [4.78, 5) is 2.07. The van der Waals surface area contributed by atoms with E-state index in [-0.39, 0.29) is 6.61 Å². The smallest absolute Gasteiger partial charge is 0.0900 e. The van der Waals surface area contributed by atoms with Gasteiger partial charge in [-0.15, -0.1) is 0 Å². The lowest BCUT2D eigenvalue weighted by atomic mass is 9.89. The van der Waals surface area contributed by atoms with Gasteiger partial charge in [-0.2, -0.15) is 0 Å². The van der Waals surface area contributed by atoms with Gasteiger partial charge >= 0.3 is 0 Å². The molecule has 0 atom stereocenters. The summed E-state index contributed by atoms with van der Waals surface area (Å²) in [5.74, 6) is 0. The molecule has 0 unspecified atom stereocenters. The Bertz CT molecular complexity index is 121. The van der Waals surface area contributed by atoms with E-state index in [0.717, 1.165) is 25.9 Å². The highest BCUT2D eigenvalue weighted by atomic mass is 16.3. The molecule has 1 aliphatic heterocycles. The molecule has 0 aromatic heterocycles. The second kappa shape index (κ2) is 3.52. The fourth-order valence-electron chi connectivity index (χ4n) is 1.71. The quantitative estimate of drug-likeness (QED) is 0.598. The van der Waals surface area contributed by atoms with Crippen molar-refractivity contribution in [3.05, 3.63) is 0 Å². The van der Waals surface area contributed by atoms with Crippen molar-refractivity contribution in [3.8, 4) is 0 Å². The summed E-state index contributed by atoms with van der Waals surface area (Å²) in [6, 6.07) is 0. The zero-order valence-electron chi connectivity index (χ0n) is 7.08. The number of hydrogen-bond acceptors (Lipinski definition) is 3. The van der Waals surface area contributed by atoms with Gasteiger partial charge in [0.15, 0.2) is 0 Å². The Balaban J connectivity index is 2.15. The van der Waals surface area contributed by atoms with Gasteiger partial charge in [0.2, 0.25) is 0 Å². The van der Waals surface area contributed by atoms with Crippen molar-refractivity contribution < 1.29 is 10.2 Å². The van der Waals surface area contributed by atoms with E-state index in [4.69, 9.17) is 5.11 Å². The van der Waals surface area contributed by atoms with E-state index in [1.807, 2.05) is 0 Å². The molecule has 66 valence electrons. The fourth-order valence-corrected chi connectivity index (χ4v) is 1.71. The summed E-state index contributed by atoms with van der Waals surface area (Å²) in [6.07, 6.45) is 1.92. The number of β-amino-alcohol motifs (C(OH)–C–C–N with tert-alkyl or cyclic N) is 2. The van der Waals surface area contributed by atoms with Crippen molar-refractivity contribution >= 4 is 0 Å². The number of aliphatic hydroxyl groups excluding tert-OH is 1. The molecule has 1 saturated heterocycles. The maximum Gasteiger partial charge on any atom is 0.0900 e. The molecular weight excluding hydrogens is 142 g/mol. The average molecular weight is 159 g/mol. The molecule has 3 heteroatoms. The van der Waals surface area contributed by atoms with E-state index in [0.29, 0.717) is 6.54 Å². The summed E-state index contributed by atoms with van der Waals surface area (Å²) in [5, 5.41) is 18.3. The Morgan fingerprint density at radius 3 is 2.55 bits per heavy atom. The van der Waals surface area contributed by atoms with E-state index in [1.165, 1.54) is 0 Å². The Hall–Kier alpha value is -0.120. The summed E-state index contributed by atoms with van der Waals surface area (Å²) < 4.78 is 0. The van der Waals surface area contributed by atoms with Crippen LogP contribution in [0.4, 0.5) is 0 Å². The molecule has 11 heavy (non-hydrogen) atoms. The molecule has 0 aromatic rings. The van der Waals surface area contributed by atoms with E-state index in [2.05, 4.69) is 11.8 Å². The minimum atomic E-state index is -0.441. The van der Waals surface area contributed by atoms with Crippen molar-refractivity contribution in [1.29, 1.82) is 0 Å². The molecule has 0 saturated carbocycles. The topological polar surface area (TPSA) is 43.7 Å². The second-order valence-corrected chi connectivity index (χ2v) is 3.41.